The summed E-state index contributed by atoms with van der Waals surface area (Å²) in [6.07, 6.45) is 0. The summed E-state index contributed by atoms with van der Waals surface area (Å²) in [6, 6.07) is 77.9. The monoisotopic (exact) mass is 764 g/mol. The van der Waals surface area contributed by atoms with E-state index in [1.54, 1.807) is 0 Å². The van der Waals surface area contributed by atoms with E-state index in [-0.39, 0.29) is 0 Å². The molecule has 280 valence electrons. The van der Waals surface area contributed by atoms with Crippen LogP contribution >= 0.6 is 0 Å². The standard InChI is InChI=1S/C56H36N4/c1-3-15-41(16-4-1)56-57-50(35-51(58-56)45-23-13-17-39-14-7-8-20-44(39)45)40-28-26-37(27-29-40)38-30-32-43(33-31-38)60-53-25-12-10-22-47(53)49-34-48-46-21-9-11-24-52(46)59(54(48)36-55(49)60)42-18-5-2-6-19-42/h1-36H. The number of aromatic nitrogens is 4. The van der Waals surface area contributed by atoms with Crippen molar-refractivity contribution in [1.29, 1.82) is 0 Å². The SMILES string of the molecule is c1ccc(-c2nc(-c3ccc(-c4ccc(-n5c6ccccc6c6cc7c8ccccc8n(-c8ccccc8)c7cc65)cc4)cc3)cc(-c3cccc4ccccc34)n2)cc1. The molecule has 12 aromatic rings. The third-order valence-electron chi connectivity index (χ3n) is 11.9. The van der Waals surface area contributed by atoms with Crippen molar-refractivity contribution in [3.63, 3.8) is 0 Å². The average Bonchev–Trinajstić information content (AvgIpc) is 3.83. The highest BCUT2D eigenvalue weighted by Gasteiger charge is 2.19. The van der Waals surface area contributed by atoms with Crippen molar-refractivity contribution in [3.05, 3.63) is 218 Å². The number of hydrogen-bond donors (Lipinski definition) is 0. The first-order valence-corrected chi connectivity index (χ1v) is 20.4. The Labute approximate surface area is 346 Å². The highest BCUT2D eigenvalue weighted by atomic mass is 15.0. The molecule has 0 fully saturated rings. The van der Waals surface area contributed by atoms with E-state index in [0.29, 0.717) is 5.82 Å². The molecule has 12 rings (SSSR count). The van der Waals surface area contributed by atoms with Gasteiger partial charge < -0.3 is 9.13 Å². The van der Waals surface area contributed by atoms with Crippen LogP contribution in [0.2, 0.25) is 0 Å². The molecule has 0 spiro atoms. The Morgan fingerprint density at radius 3 is 1.45 bits per heavy atom. The lowest BCUT2D eigenvalue weighted by molar-refractivity contribution is 1.16. The van der Waals surface area contributed by atoms with Gasteiger partial charge in [-0.2, -0.15) is 0 Å². The molecule has 0 saturated heterocycles. The second kappa shape index (κ2) is 13.8. The van der Waals surface area contributed by atoms with Gasteiger partial charge in [0.15, 0.2) is 5.82 Å². The first kappa shape index (κ1) is 34.0. The van der Waals surface area contributed by atoms with Crippen molar-refractivity contribution >= 4 is 54.4 Å². The van der Waals surface area contributed by atoms with Crippen LogP contribution < -0.4 is 0 Å². The topological polar surface area (TPSA) is 35.6 Å². The van der Waals surface area contributed by atoms with E-state index in [1.165, 1.54) is 54.4 Å². The van der Waals surface area contributed by atoms with Gasteiger partial charge in [-0.15, -0.1) is 0 Å². The van der Waals surface area contributed by atoms with Crippen LogP contribution in [-0.4, -0.2) is 19.1 Å². The van der Waals surface area contributed by atoms with Crippen LogP contribution in [0.5, 0.6) is 0 Å². The molecule has 0 atom stereocenters. The number of benzene rings is 9. The number of rotatable bonds is 6. The second-order valence-electron chi connectivity index (χ2n) is 15.4. The van der Waals surface area contributed by atoms with Crippen molar-refractivity contribution in [3.8, 4) is 56.4 Å². The van der Waals surface area contributed by atoms with Gasteiger partial charge in [0.05, 0.1) is 33.5 Å². The molecule has 0 aliphatic heterocycles. The molecule has 60 heavy (non-hydrogen) atoms. The molecule has 0 aliphatic rings. The fraction of sp³-hybridized carbons (Fsp3) is 0. The van der Waals surface area contributed by atoms with Crippen LogP contribution in [0.3, 0.4) is 0 Å². The Bertz CT molecular complexity index is 3560. The Balaban J connectivity index is 0.941. The van der Waals surface area contributed by atoms with Crippen LogP contribution in [0.1, 0.15) is 0 Å². The zero-order valence-electron chi connectivity index (χ0n) is 32.6. The van der Waals surface area contributed by atoms with Crippen LogP contribution in [0, 0.1) is 0 Å². The molecular weight excluding hydrogens is 729 g/mol. The van der Waals surface area contributed by atoms with E-state index < -0.39 is 0 Å². The van der Waals surface area contributed by atoms with E-state index in [2.05, 4.69) is 209 Å². The molecule has 9 aromatic carbocycles. The maximum absolute atomic E-state index is 5.11. The van der Waals surface area contributed by atoms with E-state index in [1.807, 2.05) is 18.2 Å². The quantitative estimate of drug-likeness (QED) is 0.169. The smallest absolute Gasteiger partial charge is 0.160 e. The summed E-state index contributed by atoms with van der Waals surface area (Å²) >= 11 is 0. The predicted octanol–water partition coefficient (Wildman–Crippen LogP) is 14.5. The molecule has 0 radical (unpaired) electrons. The van der Waals surface area contributed by atoms with Gasteiger partial charge in [-0.25, -0.2) is 9.97 Å². The lowest BCUT2D eigenvalue weighted by Gasteiger charge is -2.12. The fourth-order valence-corrected chi connectivity index (χ4v) is 9.10. The maximum atomic E-state index is 5.11. The average molecular weight is 765 g/mol. The molecule has 4 nitrogen and oxygen atoms in total. The Morgan fingerprint density at radius 1 is 0.283 bits per heavy atom. The lowest BCUT2D eigenvalue weighted by Crippen LogP contribution is -1.96. The largest absolute Gasteiger partial charge is 0.309 e. The summed E-state index contributed by atoms with van der Waals surface area (Å²) < 4.78 is 4.81. The molecule has 0 saturated carbocycles. The van der Waals surface area contributed by atoms with Crippen molar-refractivity contribution < 1.29 is 0 Å². The highest BCUT2D eigenvalue weighted by Crippen LogP contribution is 2.40. The second-order valence-corrected chi connectivity index (χ2v) is 15.4. The molecular formula is C56H36N4. The molecule has 0 bridgehead atoms. The van der Waals surface area contributed by atoms with Crippen molar-refractivity contribution in [2.24, 2.45) is 0 Å². The van der Waals surface area contributed by atoms with Crippen LogP contribution in [0.15, 0.2) is 218 Å². The molecule has 3 heterocycles. The molecule has 3 aromatic heterocycles. The summed E-state index contributed by atoms with van der Waals surface area (Å²) in [5.74, 6) is 0.711. The van der Waals surface area contributed by atoms with E-state index in [9.17, 15) is 0 Å². The number of fused-ring (bicyclic) bond motifs is 7. The number of nitrogens with zero attached hydrogens (tertiary/aromatic N) is 4. The lowest BCUT2D eigenvalue weighted by atomic mass is 9.99. The van der Waals surface area contributed by atoms with Gasteiger partial charge in [-0.05, 0) is 76.5 Å². The van der Waals surface area contributed by atoms with E-state index >= 15 is 0 Å². The molecule has 0 amide bonds. The van der Waals surface area contributed by atoms with Crippen LogP contribution in [0.25, 0.3) is 111 Å². The Kier molecular flexibility index (Phi) is 7.82. The van der Waals surface area contributed by atoms with E-state index in [0.717, 1.165) is 50.6 Å². The summed E-state index contributed by atoms with van der Waals surface area (Å²) in [7, 11) is 0. The minimum Gasteiger partial charge on any atom is -0.309 e. The molecule has 4 heteroatoms. The zero-order chi connectivity index (χ0) is 39.6. The minimum atomic E-state index is 0.711. The summed E-state index contributed by atoms with van der Waals surface area (Å²) in [4.78, 5) is 10.2. The molecule has 0 aliphatic carbocycles. The van der Waals surface area contributed by atoms with Crippen molar-refractivity contribution in [1.82, 2.24) is 19.1 Å². The number of hydrogen-bond acceptors (Lipinski definition) is 2. The molecule has 0 N–H and O–H groups in total. The predicted molar refractivity (Wildman–Crippen MR) is 250 cm³/mol. The van der Waals surface area contributed by atoms with Gasteiger partial charge in [0, 0.05) is 49.6 Å². The fourth-order valence-electron chi connectivity index (χ4n) is 9.10. The Hall–Kier alpha value is -8.08. The van der Waals surface area contributed by atoms with Gasteiger partial charge in [0.1, 0.15) is 0 Å². The Morgan fingerprint density at radius 2 is 0.783 bits per heavy atom. The van der Waals surface area contributed by atoms with Crippen molar-refractivity contribution in [2.75, 3.05) is 0 Å². The maximum Gasteiger partial charge on any atom is 0.160 e. The van der Waals surface area contributed by atoms with E-state index in [4.69, 9.17) is 9.97 Å². The first-order chi connectivity index (χ1) is 29.7. The van der Waals surface area contributed by atoms with Gasteiger partial charge in [-0.1, -0.05) is 164 Å². The normalized spacial score (nSPS) is 11.7. The third kappa shape index (κ3) is 5.53. The zero-order valence-corrected chi connectivity index (χ0v) is 32.6. The number of para-hydroxylation sites is 3. The van der Waals surface area contributed by atoms with Crippen molar-refractivity contribution in [2.45, 2.75) is 0 Å². The molecule has 0 unspecified atom stereocenters. The third-order valence-corrected chi connectivity index (χ3v) is 11.9. The van der Waals surface area contributed by atoms with Gasteiger partial charge in [0.25, 0.3) is 0 Å². The minimum absolute atomic E-state index is 0.711. The van der Waals surface area contributed by atoms with Gasteiger partial charge in [-0.3, -0.25) is 0 Å². The highest BCUT2D eigenvalue weighted by molar-refractivity contribution is 6.19. The first-order valence-electron chi connectivity index (χ1n) is 20.4. The van der Waals surface area contributed by atoms with Crippen LogP contribution in [-0.2, 0) is 0 Å². The van der Waals surface area contributed by atoms with Gasteiger partial charge >= 0.3 is 0 Å². The summed E-state index contributed by atoms with van der Waals surface area (Å²) in [6.45, 7) is 0. The van der Waals surface area contributed by atoms with Gasteiger partial charge in [0.2, 0.25) is 0 Å². The van der Waals surface area contributed by atoms with Crippen LogP contribution in [0.4, 0.5) is 0 Å². The summed E-state index contributed by atoms with van der Waals surface area (Å²) in [5, 5.41) is 7.37. The summed E-state index contributed by atoms with van der Waals surface area (Å²) in [5.41, 5.74) is 14.3.